The van der Waals surface area contributed by atoms with Crippen LogP contribution in [0.1, 0.15) is 11.1 Å². The van der Waals surface area contributed by atoms with Crippen LogP contribution in [0.15, 0.2) is 36.4 Å². The first kappa shape index (κ1) is 22.3. The molecule has 0 amide bonds. The molecule has 0 atom stereocenters. The monoisotopic (exact) mass is 504 g/mol. The highest BCUT2D eigenvalue weighted by Gasteiger charge is 2.65. The van der Waals surface area contributed by atoms with Gasteiger partial charge in [0.25, 0.3) is 0 Å². The van der Waals surface area contributed by atoms with E-state index in [1.807, 2.05) is 0 Å². The molecule has 0 radical (unpaired) electrons. The molecule has 0 N–H and O–H groups in total. The summed E-state index contributed by atoms with van der Waals surface area (Å²) < 4.78 is 135. The molecule has 0 saturated heterocycles. The van der Waals surface area contributed by atoms with Gasteiger partial charge in [0.1, 0.15) is 0 Å². The molecule has 0 saturated carbocycles. The van der Waals surface area contributed by atoms with Crippen molar-refractivity contribution in [2.45, 2.75) is 23.9 Å². The van der Waals surface area contributed by atoms with E-state index in [9.17, 15) is 43.2 Å². The maximum atomic E-state index is 13.1. The van der Waals surface area contributed by atoms with Gasteiger partial charge in [0.05, 0.1) is 0 Å². The fourth-order valence-electron chi connectivity index (χ4n) is 3.77. The Morgan fingerprint density at radius 3 is 1.35 bits per heavy atom. The highest BCUT2D eigenvalue weighted by atomic mass is 32.2. The predicted octanol–water partition coefficient (Wildman–Crippen LogP) is 2.05. The van der Waals surface area contributed by atoms with E-state index in [4.69, 9.17) is 0 Å². The van der Waals surface area contributed by atoms with E-state index in [1.54, 1.807) is 12.1 Å². The Labute approximate surface area is 172 Å². The summed E-state index contributed by atoms with van der Waals surface area (Å²) in [5.74, 6) is 0. The molecular weight excluding hydrogens is 494 g/mol. The molecule has 0 fully saturated rings. The Morgan fingerprint density at radius 1 is 0.677 bits per heavy atom. The second kappa shape index (κ2) is 6.54. The summed E-state index contributed by atoms with van der Waals surface area (Å²) in [6, 6.07) is 7.69. The zero-order valence-corrected chi connectivity index (χ0v) is 17.5. The Kier molecular flexibility index (Phi) is 4.69. The number of aryl methyl sites for hydroxylation is 2. The van der Waals surface area contributed by atoms with Crippen molar-refractivity contribution in [3.8, 4) is 11.1 Å². The van der Waals surface area contributed by atoms with Crippen LogP contribution in [-0.2, 0) is 40.8 Å². The van der Waals surface area contributed by atoms with Gasteiger partial charge in [0.2, 0.25) is 0 Å². The van der Waals surface area contributed by atoms with Crippen molar-refractivity contribution in [3.63, 3.8) is 0 Å². The molecule has 168 valence electrons. The van der Waals surface area contributed by atoms with Gasteiger partial charge in [-0.1, -0.05) is 36.4 Å². The molecule has 1 heterocycles. The summed E-state index contributed by atoms with van der Waals surface area (Å²) in [6.07, 6.45) is 0.699. The van der Waals surface area contributed by atoms with Crippen LogP contribution in [0.3, 0.4) is 0 Å². The van der Waals surface area contributed by atoms with Gasteiger partial charge in [-0.15, -0.1) is 0 Å². The largest absolute Gasteiger partial charge is 0.522 e. The average Bonchev–Trinajstić information content (AvgIpc) is 2.89. The van der Waals surface area contributed by atoms with E-state index in [1.165, 1.54) is 12.1 Å². The van der Waals surface area contributed by atoms with Gasteiger partial charge in [-0.25, -0.2) is 0 Å². The molecule has 1 aliphatic carbocycles. The molecule has 31 heavy (non-hydrogen) atoms. The number of rotatable bonds is 4. The number of alkyl halides is 6. The third kappa shape index (κ3) is 3.21. The van der Waals surface area contributed by atoms with E-state index in [-0.39, 0.29) is 11.1 Å². The maximum Gasteiger partial charge on any atom is 0.522 e. The minimum absolute atomic E-state index is 0.140. The van der Waals surface area contributed by atoms with Crippen LogP contribution in [0.25, 0.3) is 11.1 Å². The van der Waals surface area contributed by atoms with Crippen molar-refractivity contribution < 1.29 is 50.9 Å². The molecule has 2 aromatic carbocycles. The van der Waals surface area contributed by atoms with Crippen LogP contribution in [0.2, 0.25) is 0 Å². The number of hydrogen-bond acceptors (Lipinski definition) is 6. The van der Waals surface area contributed by atoms with E-state index in [0.29, 0.717) is 24.0 Å². The lowest BCUT2D eigenvalue weighted by Crippen LogP contribution is -2.64. The minimum Gasteiger partial charge on any atom is -0.267 e. The Hall–Kier alpha value is -1.94. The van der Waals surface area contributed by atoms with Crippen molar-refractivity contribution in [1.82, 2.24) is 0 Å². The van der Waals surface area contributed by atoms with Crippen molar-refractivity contribution in [3.05, 3.63) is 47.5 Å². The summed E-state index contributed by atoms with van der Waals surface area (Å²) in [5.41, 5.74) is -10.8. The number of hydrogen-bond donors (Lipinski definition) is 0. The molecule has 4 rings (SSSR count). The lowest BCUT2D eigenvalue weighted by molar-refractivity contribution is -0.0527. The molecule has 0 unspecified atom stereocenters. The van der Waals surface area contributed by atoms with E-state index >= 15 is 0 Å². The number of halogens is 6. The van der Waals surface area contributed by atoms with Crippen LogP contribution in [-0.4, -0.2) is 36.4 Å². The van der Waals surface area contributed by atoms with Gasteiger partial charge < -0.3 is 0 Å². The van der Waals surface area contributed by atoms with E-state index < -0.39 is 50.2 Å². The lowest BCUT2D eigenvalue weighted by atomic mass is 9.86. The third-order valence-corrected chi connectivity index (χ3v) is 12.0. The molecule has 15 heteroatoms. The minimum atomic E-state index is -6.54. The van der Waals surface area contributed by atoms with E-state index in [2.05, 4.69) is 7.74 Å². The molecule has 0 spiro atoms. The summed E-state index contributed by atoms with van der Waals surface area (Å²) in [5, 5.41) is -0.902. The summed E-state index contributed by atoms with van der Waals surface area (Å²) in [6.45, 7) is 0. The average molecular weight is 504 g/mol. The third-order valence-electron chi connectivity index (χ3n) is 4.95. The Morgan fingerprint density at radius 2 is 1.03 bits per heavy atom. The molecule has 0 aromatic heterocycles. The summed E-state index contributed by atoms with van der Waals surface area (Å²) in [7, 11) is -18.7. The fourth-order valence-corrected chi connectivity index (χ4v) is 10.9. The van der Waals surface area contributed by atoms with Crippen molar-refractivity contribution >= 4 is 39.2 Å². The maximum absolute atomic E-state index is 13.1. The summed E-state index contributed by atoms with van der Waals surface area (Å²) in [4.78, 5) is 0. The molecule has 2 aromatic rings. The first-order chi connectivity index (χ1) is 14.1. The van der Waals surface area contributed by atoms with Gasteiger partial charge in [-0.2, -0.15) is 43.2 Å². The van der Waals surface area contributed by atoms with Crippen molar-refractivity contribution in [2.75, 3.05) is 0 Å². The van der Waals surface area contributed by atoms with Gasteiger partial charge in [0, 0.05) is 10.4 Å². The standard InChI is InChI=1S/C16H10F6O6S2Si/c17-15(18,19)29(23,24)27-31(28-30(25,26)16(20,21)22)11-5-1-3-9-7-8-10-4-2-6-12(31)14(10)13(9)11/h1-6H,7-8H2. The first-order valence-electron chi connectivity index (χ1n) is 8.40. The Bertz CT molecular complexity index is 1200. The van der Waals surface area contributed by atoms with Crippen molar-refractivity contribution in [1.29, 1.82) is 0 Å². The van der Waals surface area contributed by atoms with Gasteiger partial charge in [-0.3, -0.25) is 7.74 Å². The van der Waals surface area contributed by atoms with Gasteiger partial charge in [0.15, 0.2) is 0 Å². The van der Waals surface area contributed by atoms with Crippen LogP contribution in [0, 0.1) is 0 Å². The fraction of sp³-hybridized carbons (Fsp3) is 0.250. The predicted molar refractivity (Wildman–Crippen MR) is 96.4 cm³/mol. The SMILES string of the molecule is O=S(=O)(O[Si]1(OS(=O)(=O)C(F)(F)F)c2cccc3c2-c2c(cccc21)CC3)C(F)(F)F. The topological polar surface area (TPSA) is 86.7 Å². The number of benzene rings is 2. The molecule has 1 aliphatic heterocycles. The second-order valence-corrected chi connectivity index (χ2v) is 13.1. The lowest BCUT2D eigenvalue weighted by Gasteiger charge is -2.28. The first-order valence-corrected chi connectivity index (χ1v) is 13.0. The van der Waals surface area contributed by atoms with Gasteiger partial charge in [-0.05, 0) is 35.1 Å². The van der Waals surface area contributed by atoms with Crippen LogP contribution in [0.4, 0.5) is 26.3 Å². The van der Waals surface area contributed by atoms with Crippen LogP contribution >= 0.6 is 0 Å². The van der Waals surface area contributed by atoms with Crippen LogP contribution in [0.5, 0.6) is 0 Å². The Balaban J connectivity index is 2.09. The highest BCUT2D eigenvalue weighted by Crippen LogP contribution is 2.42. The molecular formula is C16H10F6O6S2Si. The zero-order chi connectivity index (χ0) is 23.0. The molecule has 6 nitrogen and oxygen atoms in total. The smallest absolute Gasteiger partial charge is 0.267 e. The van der Waals surface area contributed by atoms with Crippen molar-refractivity contribution in [2.24, 2.45) is 0 Å². The quantitative estimate of drug-likeness (QED) is 0.360. The van der Waals surface area contributed by atoms with Gasteiger partial charge >= 0.3 is 39.8 Å². The molecule has 0 bridgehead atoms. The second-order valence-electron chi connectivity index (χ2n) is 6.76. The highest BCUT2D eigenvalue weighted by molar-refractivity contribution is 7.90. The normalized spacial score (nSPS) is 17.5. The molecule has 2 aliphatic rings. The van der Waals surface area contributed by atoms with E-state index in [0.717, 1.165) is 12.1 Å². The van der Waals surface area contributed by atoms with Crippen LogP contribution < -0.4 is 10.4 Å². The zero-order valence-electron chi connectivity index (χ0n) is 14.9. The summed E-state index contributed by atoms with van der Waals surface area (Å²) >= 11 is 0.